The molecule has 0 radical (unpaired) electrons. The van der Waals surface area contributed by atoms with E-state index in [0.717, 1.165) is 11.5 Å². The van der Waals surface area contributed by atoms with E-state index in [-0.39, 0.29) is 12.0 Å². The van der Waals surface area contributed by atoms with Gasteiger partial charge in [-0.25, -0.2) is 10.0 Å². The largest absolute Gasteiger partial charge is 0.471 e. The highest BCUT2D eigenvalue weighted by atomic mass is 35.5. The minimum atomic E-state index is -0.326. The van der Waals surface area contributed by atoms with Gasteiger partial charge in [0, 0.05) is 19.7 Å². The van der Waals surface area contributed by atoms with Crippen LogP contribution in [-0.2, 0) is 9.57 Å². The molecule has 0 saturated carbocycles. The third kappa shape index (κ3) is 3.34. The smallest absolute Gasteiger partial charge is 0.278 e. The van der Waals surface area contributed by atoms with Gasteiger partial charge in [-0.1, -0.05) is 11.6 Å². The first-order valence-electron chi connectivity index (χ1n) is 5.84. The van der Waals surface area contributed by atoms with E-state index in [0.29, 0.717) is 29.7 Å². The van der Waals surface area contributed by atoms with Gasteiger partial charge in [-0.15, -0.1) is 0 Å². The van der Waals surface area contributed by atoms with Crippen molar-refractivity contribution in [2.45, 2.75) is 12.5 Å². The summed E-state index contributed by atoms with van der Waals surface area (Å²) in [4.78, 5) is 20.7. The Bertz CT molecular complexity index is 463. The number of carbonyl (C=O) groups is 1. The molecule has 0 aromatic carbocycles. The molecule has 19 heavy (non-hydrogen) atoms. The maximum Gasteiger partial charge on any atom is 0.278 e. The van der Waals surface area contributed by atoms with Crippen molar-refractivity contribution in [3.8, 4) is 5.88 Å². The second kappa shape index (κ2) is 6.18. The van der Waals surface area contributed by atoms with Gasteiger partial charge >= 0.3 is 0 Å². The fraction of sp³-hybridized carbons (Fsp3) is 0.500. The molecule has 104 valence electrons. The Hall–Kier alpha value is -1.37. The lowest BCUT2D eigenvalue weighted by atomic mass is 10.2. The van der Waals surface area contributed by atoms with E-state index in [2.05, 4.69) is 4.98 Å². The van der Waals surface area contributed by atoms with Gasteiger partial charge in [0.1, 0.15) is 11.1 Å². The van der Waals surface area contributed by atoms with Gasteiger partial charge in [-0.3, -0.25) is 9.63 Å². The van der Waals surface area contributed by atoms with Gasteiger partial charge in [-0.05, 0) is 6.07 Å². The Labute approximate surface area is 116 Å². The van der Waals surface area contributed by atoms with Crippen LogP contribution < -0.4 is 4.74 Å². The Balaban J connectivity index is 2.10. The topological polar surface area (TPSA) is 60.9 Å². The maximum atomic E-state index is 11.8. The Morgan fingerprint density at radius 2 is 2.42 bits per heavy atom. The molecule has 0 spiro atoms. The summed E-state index contributed by atoms with van der Waals surface area (Å²) in [6.07, 6.45) is 2.19. The first-order chi connectivity index (χ1) is 9.11. The van der Waals surface area contributed by atoms with Gasteiger partial charge in [0.25, 0.3) is 5.91 Å². The van der Waals surface area contributed by atoms with Crippen molar-refractivity contribution in [3.63, 3.8) is 0 Å². The highest BCUT2D eigenvalue weighted by Crippen LogP contribution is 2.25. The van der Waals surface area contributed by atoms with Crippen molar-refractivity contribution in [2.75, 3.05) is 27.4 Å². The van der Waals surface area contributed by atoms with E-state index >= 15 is 0 Å². The van der Waals surface area contributed by atoms with Crippen LogP contribution in [0.25, 0.3) is 0 Å². The molecule has 1 aliphatic rings. The SMILES string of the molecule is CON(C)C(=O)c1cnc(OC2CCOC2)c(Cl)c1. The van der Waals surface area contributed by atoms with Crippen molar-refractivity contribution in [2.24, 2.45) is 0 Å². The third-order valence-electron chi connectivity index (χ3n) is 2.78. The Morgan fingerprint density at radius 1 is 1.63 bits per heavy atom. The number of hydrogen-bond acceptors (Lipinski definition) is 5. The van der Waals surface area contributed by atoms with Crippen LogP contribution in [0, 0.1) is 0 Å². The summed E-state index contributed by atoms with van der Waals surface area (Å²) in [5, 5.41) is 1.39. The number of aromatic nitrogens is 1. The molecule has 0 aliphatic carbocycles. The highest BCUT2D eigenvalue weighted by Gasteiger charge is 2.20. The van der Waals surface area contributed by atoms with Crippen LogP contribution in [0.3, 0.4) is 0 Å². The van der Waals surface area contributed by atoms with E-state index in [4.69, 9.17) is 25.9 Å². The lowest BCUT2D eigenvalue weighted by Gasteiger charge is -2.15. The molecule has 1 aromatic heterocycles. The molecule has 1 aromatic rings. The highest BCUT2D eigenvalue weighted by molar-refractivity contribution is 6.32. The van der Waals surface area contributed by atoms with E-state index in [9.17, 15) is 4.79 Å². The number of pyridine rings is 1. The number of hydrogen-bond donors (Lipinski definition) is 0. The molecule has 0 bridgehead atoms. The van der Waals surface area contributed by atoms with Crippen molar-refractivity contribution in [1.29, 1.82) is 0 Å². The summed E-state index contributed by atoms with van der Waals surface area (Å²) in [6.45, 7) is 1.21. The Kier molecular flexibility index (Phi) is 4.57. The number of amides is 1. The van der Waals surface area contributed by atoms with Crippen LogP contribution in [0.1, 0.15) is 16.8 Å². The predicted molar refractivity (Wildman–Crippen MR) is 68.2 cm³/mol. The fourth-order valence-electron chi connectivity index (χ4n) is 1.66. The lowest BCUT2D eigenvalue weighted by molar-refractivity contribution is -0.0757. The summed E-state index contributed by atoms with van der Waals surface area (Å²) in [5.41, 5.74) is 0.337. The van der Waals surface area contributed by atoms with Gasteiger partial charge in [0.2, 0.25) is 5.88 Å². The number of hydroxylamine groups is 2. The molecule has 6 nitrogen and oxygen atoms in total. The monoisotopic (exact) mass is 286 g/mol. The van der Waals surface area contributed by atoms with E-state index < -0.39 is 0 Å². The zero-order valence-electron chi connectivity index (χ0n) is 10.8. The zero-order valence-corrected chi connectivity index (χ0v) is 11.5. The summed E-state index contributed by atoms with van der Waals surface area (Å²) < 4.78 is 10.8. The van der Waals surface area contributed by atoms with Gasteiger partial charge in [-0.2, -0.15) is 0 Å². The van der Waals surface area contributed by atoms with Crippen LogP contribution in [-0.4, -0.2) is 49.4 Å². The standard InChI is InChI=1S/C12H15ClN2O4/c1-15(17-2)12(16)8-5-10(13)11(14-6-8)19-9-3-4-18-7-9/h5-6,9H,3-4,7H2,1-2H3. The predicted octanol–water partition coefficient (Wildman–Crippen LogP) is 1.54. The van der Waals surface area contributed by atoms with Crippen LogP contribution >= 0.6 is 11.6 Å². The average molecular weight is 287 g/mol. The number of carbonyl (C=O) groups excluding carboxylic acids is 1. The molecule has 1 aliphatic heterocycles. The number of rotatable bonds is 4. The van der Waals surface area contributed by atoms with Gasteiger partial charge < -0.3 is 9.47 Å². The van der Waals surface area contributed by atoms with Crippen LogP contribution in [0.15, 0.2) is 12.3 Å². The second-order valence-corrected chi connectivity index (χ2v) is 4.51. The van der Waals surface area contributed by atoms with Crippen molar-refractivity contribution in [3.05, 3.63) is 22.8 Å². The molecule has 0 N–H and O–H groups in total. The maximum absolute atomic E-state index is 11.8. The van der Waals surface area contributed by atoms with E-state index in [1.54, 1.807) is 0 Å². The van der Waals surface area contributed by atoms with Crippen molar-refractivity contribution in [1.82, 2.24) is 10.0 Å². The normalized spacial score (nSPS) is 18.4. The number of halogens is 1. The molecule has 1 saturated heterocycles. The zero-order chi connectivity index (χ0) is 13.8. The second-order valence-electron chi connectivity index (χ2n) is 4.10. The third-order valence-corrected chi connectivity index (χ3v) is 3.05. The average Bonchev–Trinajstić information content (AvgIpc) is 2.92. The van der Waals surface area contributed by atoms with Crippen LogP contribution in [0.5, 0.6) is 5.88 Å². The quantitative estimate of drug-likeness (QED) is 0.786. The molecule has 1 atom stereocenters. The molecule has 1 fully saturated rings. The van der Waals surface area contributed by atoms with Crippen LogP contribution in [0.4, 0.5) is 0 Å². The summed E-state index contributed by atoms with van der Waals surface area (Å²) in [5.74, 6) is -0.0126. The van der Waals surface area contributed by atoms with Gasteiger partial charge in [0.15, 0.2) is 0 Å². The molecular weight excluding hydrogens is 272 g/mol. The van der Waals surface area contributed by atoms with E-state index in [1.807, 2.05) is 0 Å². The van der Waals surface area contributed by atoms with Gasteiger partial charge in [0.05, 0.1) is 25.9 Å². The summed E-state index contributed by atoms with van der Waals surface area (Å²) in [6, 6.07) is 1.51. The molecule has 1 amide bonds. The number of nitrogens with zero attached hydrogens (tertiary/aromatic N) is 2. The fourth-order valence-corrected chi connectivity index (χ4v) is 1.87. The Morgan fingerprint density at radius 3 is 3.00 bits per heavy atom. The van der Waals surface area contributed by atoms with Crippen LogP contribution in [0.2, 0.25) is 5.02 Å². The summed E-state index contributed by atoms with van der Waals surface area (Å²) >= 11 is 6.06. The minimum absolute atomic E-state index is 0.0341. The molecule has 1 unspecified atom stereocenters. The summed E-state index contributed by atoms with van der Waals surface area (Å²) in [7, 11) is 2.92. The van der Waals surface area contributed by atoms with Crippen molar-refractivity contribution >= 4 is 17.5 Å². The molecule has 2 heterocycles. The lowest BCUT2D eigenvalue weighted by Crippen LogP contribution is -2.25. The van der Waals surface area contributed by atoms with E-state index in [1.165, 1.54) is 26.4 Å². The first-order valence-corrected chi connectivity index (χ1v) is 6.21. The minimum Gasteiger partial charge on any atom is -0.471 e. The first kappa shape index (κ1) is 14.0. The van der Waals surface area contributed by atoms with Crippen molar-refractivity contribution < 1.29 is 19.1 Å². The molecular formula is C12H15ClN2O4. The number of ether oxygens (including phenoxy) is 2. The molecule has 7 heteroatoms. The molecule has 2 rings (SSSR count).